The van der Waals surface area contributed by atoms with Gasteiger partial charge in [-0.25, -0.2) is 0 Å². The molecule has 1 saturated heterocycles. The van der Waals surface area contributed by atoms with E-state index in [1.54, 1.807) is 24.4 Å². The van der Waals surface area contributed by atoms with Crippen molar-refractivity contribution in [1.29, 1.82) is 0 Å². The third-order valence-electron chi connectivity index (χ3n) is 4.49. The molecule has 1 fully saturated rings. The fraction of sp³-hybridized carbons (Fsp3) is 0.263. The molecule has 0 spiro atoms. The van der Waals surface area contributed by atoms with Crippen LogP contribution in [-0.2, 0) is 11.3 Å². The number of ether oxygens (including phenoxy) is 1. The minimum Gasteiger partial charge on any atom is -0.497 e. The molecule has 1 unspecified atom stereocenters. The van der Waals surface area contributed by atoms with E-state index in [1.165, 1.54) is 0 Å². The molecule has 7 nitrogen and oxygen atoms in total. The van der Waals surface area contributed by atoms with Crippen molar-refractivity contribution in [2.75, 3.05) is 7.11 Å². The van der Waals surface area contributed by atoms with Gasteiger partial charge in [0.25, 0.3) is 0 Å². The molecule has 0 N–H and O–H groups in total. The average Bonchev–Trinajstić information content (AvgIpc) is 3.31. The summed E-state index contributed by atoms with van der Waals surface area (Å²) in [5.74, 6) is 1.82. The Morgan fingerprint density at radius 3 is 2.85 bits per heavy atom. The third-order valence-corrected chi connectivity index (χ3v) is 4.49. The molecule has 0 aliphatic carbocycles. The van der Waals surface area contributed by atoms with Gasteiger partial charge in [0.2, 0.25) is 17.6 Å². The van der Waals surface area contributed by atoms with Crippen LogP contribution in [0.5, 0.6) is 5.75 Å². The van der Waals surface area contributed by atoms with Crippen LogP contribution in [0.15, 0.2) is 53.3 Å². The normalized spacial score (nSPS) is 16.9. The summed E-state index contributed by atoms with van der Waals surface area (Å²) in [6.07, 6.45) is 4.52. The SMILES string of the molecule is COc1ccc(CN2C(=O)CCC2c2nc(-c3cccnc3)no2)cc1. The third kappa shape index (κ3) is 3.15. The highest BCUT2D eigenvalue weighted by molar-refractivity contribution is 5.78. The van der Waals surface area contributed by atoms with E-state index in [2.05, 4.69) is 15.1 Å². The Kier molecular flexibility index (Phi) is 4.35. The van der Waals surface area contributed by atoms with Crippen LogP contribution < -0.4 is 4.74 Å². The molecule has 2 aromatic heterocycles. The second-order valence-electron chi connectivity index (χ2n) is 6.12. The van der Waals surface area contributed by atoms with Crippen molar-refractivity contribution in [1.82, 2.24) is 20.0 Å². The maximum Gasteiger partial charge on any atom is 0.249 e. The highest BCUT2D eigenvalue weighted by atomic mass is 16.5. The Bertz CT molecular complexity index is 893. The predicted octanol–water partition coefficient (Wildman–Crippen LogP) is 3.00. The van der Waals surface area contributed by atoms with Gasteiger partial charge in [-0.2, -0.15) is 4.98 Å². The number of carbonyl (C=O) groups excluding carboxylic acids is 1. The molecule has 0 radical (unpaired) electrons. The first-order valence-corrected chi connectivity index (χ1v) is 8.41. The van der Waals surface area contributed by atoms with Gasteiger partial charge in [-0.1, -0.05) is 17.3 Å². The van der Waals surface area contributed by atoms with Crippen LogP contribution in [0.2, 0.25) is 0 Å². The van der Waals surface area contributed by atoms with Crippen LogP contribution in [0.25, 0.3) is 11.4 Å². The van der Waals surface area contributed by atoms with E-state index >= 15 is 0 Å². The quantitative estimate of drug-likeness (QED) is 0.703. The van der Waals surface area contributed by atoms with Crippen molar-refractivity contribution in [3.63, 3.8) is 0 Å². The number of carbonyl (C=O) groups is 1. The second kappa shape index (κ2) is 6.95. The Labute approximate surface area is 150 Å². The predicted molar refractivity (Wildman–Crippen MR) is 93.0 cm³/mol. The lowest BCUT2D eigenvalue weighted by molar-refractivity contribution is -0.129. The van der Waals surface area contributed by atoms with Crippen molar-refractivity contribution in [3.05, 3.63) is 60.2 Å². The first kappa shape index (κ1) is 16.3. The summed E-state index contributed by atoms with van der Waals surface area (Å²) in [4.78, 5) is 22.7. The largest absolute Gasteiger partial charge is 0.497 e. The molecule has 0 saturated carbocycles. The first-order chi connectivity index (χ1) is 12.7. The monoisotopic (exact) mass is 350 g/mol. The fourth-order valence-electron chi connectivity index (χ4n) is 3.10. The van der Waals surface area contributed by atoms with Gasteiger partial charge < -0.3 is 14.2 Å². The number of hydrogen-bond donors (Lipinski definition) is 0. The Morgan fingerprint density at radius 2 is 2.12 bits per heavy atom. The summed E-state index contributed by atoms with van der Waals surface area (Å²) in [5.41, 5.74) is 1.81. The maximum absolute atomic E-state index is 12.4. The molecular weight excluding hydrogens is 332 g/mol. The zero-order valence-electron chi connectivity index (χ0n) is 14.3. The number of pyridine rings is 1. The Hall–Kier alpha value is -3.22. The number of nitrogens with zero attached hydrogens (tertiary/aromatic N) is 4. The number of likely N-dealkylation sites (tertiary alicyclic amines) is 1. The lowest BCUT2D eigenvalue weighted by atomic mass is 10.1. The number of methoxy groups -OCH3 is 1. The standard InChI is InChI=1S/C19H18N4O3/c1-25-15-6-4-13(5-7-15)12-23-16(8-9-17(23)24)19-21-18(22-26-19)14-3-2-10-20-11-14/h2-7,10-11,16H,8-9,12H2,1H3. The lowest BCUT2D eigenvalue weighted by Crippen LogP contribution is -2.27. The van der Waals surface area contributed by atoms with E-state index in [0.717, 1.165) is 16.9 Å². The van der Waals surface area contributed by atoms with Gasteiger partial charge in [-0.05, 0) is 36.2 Å². The number of hydrogen-bond acceptors (Lipinski definition) is 6. The zero-order chi connectivity index (χ0) is 17.9. The summed E-state index contributed by atoms with van der Waals surface area (Å²) < 4.78 is 10.6. The molecule has 1 amide bonds. The molecule has 132 valence electrons. The van der Waals surface area contributed by atoms with Gasteiger partial charge in [0.15, 0.2) is 0 Å². The van der Waals surface area contributed by atoms with E-state index in [0.29, 0.717) is 31.1 Å². The Balaban J connectivity index is 1.55. The maximum atomic E-state index is 12.4. The second-order valence-corrected chi connectivity index (χ2v) is 6.12. The molecule has 4 rings (SSSR count). The van der Waals surface area contributed by atoms with Gasteiger partial charge >= 0.3 is 0 Å². The van der Waals surface area contributed by atoms with Crippen molar-refractivity contribution >= 4 is 5.91 Å². The van der Waals surface area contributed by atoms with Gasteiger partial charge in [-0.15, -0.1) is 0 Å². The fourth-order valence-corrected chi connectivity index (χ4v) is 3.10. The zero-order valence-corrected chi connectivity index (χ0v) is 14.3. The van der Waals surface area contributed by atoms with Gasteiger partial charge in [0.05, 0.1) is 7.11 Å². The number of benzene rings is 1. The summed E-state index contributed by atoms with van der Waals surface area (Å²) in [7, 11) is 1.63. The van der Waals surface area contributed by atoms with Crippen molar-refractivity contribution in [2.24, 2.45) is 0 Å². The molecule has 1 aliphatic rings. The smallest absolute Gasteiger partial charge is 0.249 e. The molecular formula is C19H18N4O3. The van der Waals surface area contributed by atoms with Crippen molar-refractivity contribution < 1.29 is 14.1 Å². The van der Waals surface area contributed by atoms with Crippen molar-refractivity contribution in [3.8, 4) is 17.1 Å². The van der Waals surface area contributed by atoms with E-state index in [-0.39, 0.29) is 11.9 Å². The van der Waals surface area contributed by atoms with Crippen LogP contribution in [0.3, 0.4) is 0 Å². The van der Waals surface area contributed by atoms with E-state index < -0.39 is 0 Å². The van der Waals surface area contributed by atoms with Gasteiger partial charge in [0, 0.05) is 30.9 Å². The molecule has 1 aromatic carbocycles. The minimum atomic E-state index is -0.206. The highest BCUT2D eigenvalue weighted by Gasteiger charge is 2.36. The topological polar surface area (TPSA) is 81.4 Å². The number of rotatable bonds is 5. The summed E-state index contributed by atoms with van der Waals surface area (Å²) in [6, 6.07) is 11.2. The summed E-state index contributed by atoms with van der Waals surface area (Å²) >= 11 is 0. The lowest BCUT2D eigenvalue weighted by Gasteiger charge is -2.22. The van der Waals surface area contributed by atoms with E-state index in [1.807, 2.05) is 36.4 Å². The molecule has 1 aliphatic heterocycles. The average molecular weight is 350 g/mol. The van der Waals surface area contributed by atoms with Crippen LogP contribution in [-0.4, -0.2) is 33.0 Å². The van der Waals surface area contributed by atoms with Crippen LogP contribution >= 0.6 is 0 Å². The van der Waals surface area contributed by atoms with Crippen LogP contribution in [0.1, 0.15) is 30.3 Å². The van der Waals surface area contributed by atoms with Crippen molar-refractivity contribution in [2.45, 2.75) is 25.4 Å². The molecule has 1 atom stereocenters. The Morgan fingerprint density at radius 1 is 1.27 bits per heavy atom. The van der Waals surface area contributed by atoms with Gasteiger partial charge in [0.1, 0.15) is 11.8 Å². The minimum absolute atomic E-state index is 0.0898. The number of aromatic nitrogens is 3. The molecule has 3 aromatic rings. The van der Waals surface area contributed by atoms with E-state index in [4.69, 9.17) is 9.26 Å². The molecule has 7 heteroatoms. The molecule has 3 heterocycles. The molecule has 0 bridgehead atoms. The summed E-state index contributed by atoms with van der Waals surface area (Å²) in [5, 5.41) is 4.04. The van der Waals surface area contributed by atoms with Gasteiger partial charge in [-0.3, -0.25) is 9.78 Å². The molecule has 26 heavy (non-hydrogen) atoms. The highest BCUT2D eigenvalue weighted by Crippen LogP contribution is 2.34. The van der Waals surface area contributed by atoms with E-state index in [9.17, 15) is 4.79 Å². The van der Waals surface area contributed by atoms with Crippen LogP contribution in [0, 0.1) is 0 Å². The van der Waals surface area contributed by atoms with Crippen LogP contribution in [0.4, 0.5) is 0 Å². The number of amides is 1. The first-order valence-electron chi connectivity index (χ1n) is 8.41. The summed E-state index contributed by atoms with van der Waals surface area (Å²) in [6.45, 7) is 0.498.